The third-order valence-corrected chi connectivity index (χ3v) is 6.77. The van der Waals surface area contributed by atoms with Crippen LogP contribution in [0, 0.1) is 11.8 Å². The fourth-order valence-corrected chi connectivity index (χ4v) is 5.01. The molecule has 7 nitrogen and oxygen atoms in total. The van der Waals surface area contributed by atoms with Crippen LogP contribution in [0.25, 0.3) is 0 Å². The highest BCUT2D eigenvalue weighted by Gasteiger charge is 2.46. The van der Waals surface area contributed by atoms with Crippen molar-refractivity contribution in [1.82, 2.24) is 24.6 Å². The number of rotatable bonds is 4. The number of fused-ring (bicyclic) bond motifs is 1. The Morgan fingerprint density at radius 2 is 2.04 bits per heavy atom. The molecule has 0 radical (unpaired) electrons. The second kappa shape index (κ2) is 7.27. The summed E-state index contributed by atoms with van der Waals surface area (Å²) in [4.78, 5) is 17.2. The van der Waals surface area contributed by atoms with Crippen molar-refractivity contribution < 1.29 is 9.90 Å². The number of likely N-dealkylation sites (tertiary alicyclic amines) is 2. The summed E-state index contributed by atoms with van der Waals surface area (Å²) in [5.41, 5.74) is -0.610. The van der Waals surface area contributed by atoms with Gasteiger partial charge in [-0.2, -0.15) is 0 Å². The zero-order valence-corrected chi connectivity index (χ0v) is 15.8. The second-order valence-electron chi connectivity index (χ2n) is 8.33. The van der Waals surface area contributed by atoms with Crippen LogP contribution in [0.3, 0.4) is 0 Å². The van der Waals surface area contributed by atoms with Gasteiger partial charge in [0.1, 0.15) is 12.2 Å². The van der Waals surface area contributed by atoms with Crippen LogP contribution >= 0.6 is 0 Å². The molecule has 1 aromatic rings. The molecule has 0 spiro atoms. The van der Waals surface area contributed by atoms with E-state index >= 15 is 0 Å². The van der Waals surface area contributed by atoms with E-state index in [9.17, 15) is 9.90 Å². The van der Waals surface area contributed by atoms with E-state index in [2.05, 4.69) is 26.6 Å². The van der Waals surface area contributed by atoms with Gasteiger partial charge < -0.3 is 14.6 Å². The lowest BCUT2D eigenvalue weighted by Gasteiger charge is -2.50. The van der Waals surface area contributed by atoms with Crippen molar-refractivity contribution in [2.24, 2.45) is 11.8 Å². The summed E-state index contributed by atoms with van der Waals surface area (Å²) in [5.74, 6) is 1.66. The summed E-state index contributed by atoms with van der Waals surface area (Å²) in [6.07, 6.45) is 7.73. The van der Waals surface area contributed by atoms with E-state index in [1.165, 1.54) is 12.8 Å². The number of aryl methyl sites for hydroxylation is 1. The zero-order valence-electron chi connectivity index (χ0n) is 15.8. The smallest absolute Gasteiger partial charge is 0.225 e. The van der Waals surface area contributed by atoms with Gasteiger partial charge in [0, 0.05) is 44.6 Å². The Hall–Kier alpha value is -1.47. The lowest BCUT2D eigenvalue weighted by molar-refractivity contribution is -0.150. The monoisotopic (exact) mass is 361 g/mol. The van der Waals surface area contributed by atoms with Crippen molar-refractivity contribution in [3.8, 4) is 0 Å². The Kier molecular flexibility index (Phi) is 5.01. The van der Waals surface area contributed by atoms with Crippen LogP contribution in [-0.2, 0) is 17.9 Å². The van der Waals surface area contributed by atoms with Crippen LogP contribution in [0.15, 0.2) is 6.33 Å². The molecule has 26 heavy (non-hydrogen) atoms. The molecule has 1 N–H and O–H groups in total. The number of carbonyl (C=O) groups is 1. The molecule has 0 unspecified atom stereocenters. The highest BCUT2D eigenvalue weighted by Crippen LogP contribution is 2.37. The number of hydrogen-bond acceptors (Lipinski definition) is 5. The van der Waals surface area contributed by atoms with Crippen LogP contribution in [0.5, 0.6) is 0 Å². The lowest BCUT2D eigenvalue weighted by atomic mass is 9.75. The van der Waals surface area contributed by atoms with E-state index in [4.69, 9.17) is 0 Å². The van der Waals surface area contributed by atoms with Crippen molar-refractivity contribution in [3.05, 3.63) is 12.2 Å². The van der Waals surface area contributed by atoms with Gasteiger partial charge in [-0.25, -0.2) is 0 Å². The minimum Gasteiger partial charge on any atom is -0.389 e. The Balaban J connectivity index is 1.40. The summed E-state index contributed by atoms with van der Waals surface area (Å²) in [6, 6.07) is 0. The number of piperidine rings is 2. The summed E-state index contributed by atoms with van der Waals surface area (Å²) in [6.45, 7) is 6.83. The topological polar surface area (TPSA) is 74.5 Å². The van der Waals surface area contributed by atoms with Gasteiger partial charge in [0.25, 0.3) is 0 Å². The van der Waals surface area contributed by atoms with E-state index in [-0.39, 0.29) is 11.8 Å². The molecule has 2 atom stereocenters. The predicted octanol–water partition coefficient (Wildman–Crippen LogP) is 1.27. The van der Waals surface area contributed by atoms with E-state index < -0.39 is 5.60 Å². The largest absolute Gasteiger partial charge is 0.389 e. The summed E-state index contributed by atoms with van der Waals surface area (Å²) < 4.78 is 2.07. The molecule has 144 valence electrons. The third-order valence-electron chi connectivity index (χ3n) is 6.77. The number of nitrogens with zero attached hydrogens (tertiary/aromatic N) is 5. The Labute approximate surface area is 155 Å². The molecular formula is C19H31N5O2. The maximum absolute atomic E-state index is 12.8. The van der Waals surface area contributed by atoms with Crippen molar-refractivity contribution in [2.45, 2.75) is 64.1 Å². The normalized spacial score (nSPS) is 30.5. The molecule has 2 aliphatic heterocycles. The average molecular weight is 361 g/mol. The number of hydrogen-bond donors (Lipinski definition) is 1. The lowest BCUT2D eigenvalue weighted by Crippen LogP contribution is -2.61. The van der Waals surface area contributed by atoms with Crippen molar-refractivity contribution >= 4 is 5.91 Å². The predicted molar refractivity (Wildman–Crippen MR) is 97.2 cm³/mol. The van der Waals surface area contributed by atoms with Gasteiger partial charge in [-0.3, -0.25) is 9.69 Å². The Bertz CT molecular complexity index is 642. The average Bonchev–Trinajstić information content (AvgIpc) is 3.32. The molecular weight excluding hydrogens is 330 g/mol. The standard InChI is InChI=1S/C19H31N5O2/c1-2-23-14-20-21-17(23)13-22-9-7-19(26)8-10-24(12-16(19)11-22)18(25)15-5-3-4-6-15/h14-16,26H,2-13H2,1H3/t16-,19-/m1/s1. The highest BCUT2D eigenvalue weighted by atomic mass is 16.3. The summed E-state index contributed by atoms with van der Waals surface area (Å²) in [5, 5.41) is 19.4. The molecule has 1 amide bonds. The number of aromatic nitrogens is 3. The number of aliphatic hydroxyl groups is 1. The van der Waals surface area contributed by atoms with E-state index in [1.807, 2.05) is 4.90 Å². The summed E-state index contributed by atoms with van der Waals surface area (Å²) >= 11 is 0. The molecule has 1 aromatic heterocycles. The molecule has 7 heteroatoms. The Morgan fingerprint density at radius 3 is 2.81 bits per heavy atom. The van der Waals surface area contributed by atoms with Crippen LogP contribution in [0.1, 0.15) is 51.3 Å². The first-order valence-electron chi connectivity index (χ1n) is 10.2. The minimum atomic E-state index is -0.610. The van der Waals surface area contributed by atoms with Crippen molar-refractivity contribution in [3.63, 3.8) is 0 Å². The number of carbonyl (C=O) groups excluding carboxylic acids is 1. The zero-order chi connectivity index (χ0) is 18.1. The minimum absolute atomic E-state index is 0.133. The molecule has 0 bridgehead atoms. The maximum Gasteiger partial charge on any atom is 0.225 e. The first-order valence-corrected chi connectivity index (χ1v) is 10.2. The van der Waals surface area contributed by atoms with Gasteiger partial charge in [-0.1, -0.05) is 12.8 Å². The van der Waals surface area contributed by atoms with Gasteiger partial charge in [0.15, 0.2) is 0 Å². The quantitative estimate of drug-likeness (QED) is 0.874. The summed E-state index contributed by atoms with van der Waals surface area (Å²) in [7, 11) is 0. The maximum atomic E-state index is 12.8. The third kappa shape index (κ3) is 3.39. The van der Waals surface area contributed by atoms with E-state index in [0.29, 0.717) is 19.0 Å². The van der Waals surface area contributed by atoms with Crippen LogP contribution in [0.2, 0.25) is 0 Å². The SMILES string of the molecule is CCn1cnnc1CN1CC[C@@]2(O)CCN(C(=O)C3CCCC3)C[C@H]2C1. The fraction of sp³-hybridized carbons (Fsp3) is 0.842. The van der Waals surface area contributed by atoms with E-state index in [0.717, 1.165) is 57.7 Å². The number of amides is 1. The molecule has 3 aliphatic rings. The van der Waals surface area contributed by atoms with Gasteiger partial charge in [-0.15, -0.1) is 10.2 Å². The first-order chi connectivity index (χ1) is 12.6. The van der Waals surface area contributed by atoms with Gasteiger partial charge in [-0.05, 0) is 32.6 Å². The van der Waals surface area contributed by atoms with Gasteiger partial charge in [0.05, 0.1) is 12.1 Å². The van der Waals surface area contributed by atoms with Gasteiger partial charge >= 0.3 is 0 Å². The molecule has 1 aliphatic carbocycles. The van der Waals surface area contributed by atoms with Crippen LogP contribution in [-0.4, -0.2) is 67.4 Å². The molecule has 3 heterocycles. The fourth-order valence-electron chi connectivity index (χ4n) is 5.01. The molecule has 4 rings (SSSR count). The first kappa shape index (κ1) is 17.9. The Morgan fingerprint density at radius 1 is 1.27 bits per heavy atom. The van der Waals surface area contributed by atoms with Crippen molar-refractivity contribution in [1.29, 1.82) is 0 Å². The van der Waals surface area contributed by atoms with E-state index in [1.54, 1.807) is 6.33 Å². The highest BCUT2D eigenvalue weighted by molar-refractivity contribution is 5.79. The van der Waals surface area contributed by atoms with Crippen LogP contribution in [0.4, 0.5) is 0 Å². The molecule has 1 saturated carbocycles. The molecule has 2 saturated heterocycles. The molecule has 3 fully saturated rings. The second-order valence-corrected chi connectivity index (χ2v) is 8.33. The van der Waals surface area contributed by atoms with Gasteiger partial charge in [0.2, 0.25) is 5.91 Å². The van der Waals surface area contributed by atoms with Crippen molar-refractivity contribution in [2.75, 3.05) is 26.2 Å². The molecule has 0 aromatic carbocycles. The van der Waals surface area contributed by atoms with Crippen LogP contribution < -0.4 is 0 Å².